The Balaban J connectivity index is 1.65. The average Bonchev–Trinajstić information content (AvgIpc) is 3.25. The topological polar surface area (TPSA) is 133 Å². The van der Waals surface area contributed by atoms with E-state index < -0.39 is 23.9 Å². The molecule has 0 spiro atoms. The molecule has 3 N–H and O–H groups in total. The minimum absolute atomic E-state index is 0.0969. The molecule has 2 aromatic heterocycles. The highest BCUT2D eigenvalue weighted by atomic mass is 32.1. The Hall–Kier alpha value is -3.53. The summed E-state index contributed by atoms with van der Waals surface area (Å²) in [5.74, 6) is -1.88. The number of benzene rings is 1. The molecule has 1 unspecified atom stereocenters. The summed E-state index contributed by atoms with van der Waals surface area (Å²) in [6.45, 7) is 4.05. The molecule has 1 aromatic carbocycles. The fraction of sp³-hybridized carbons (Fsp3) is 0.348. The second-order valence-electron chi connectivity index (χ2n) is 7.51. The summed E-state index contributed by atoms with van der Waals surface area (Å²) in [6, 6.07) is 8.89. The zero-order valence-corrected chi connectivity index (χ0v) is 19.3. The van der Waals surface area contributed by atoms with Crippen LogP contribution in [0.15, 0.2) is 40.5 Å². The SMILES string of the molecule is CCCCn1c(=O)c(CCC(=O)OC(C)C(=O)Nc2sccc2C(N)=O)nc2ccccc21. The molecule has 33 heavy (non-hydrogen) atoms. The number of rotatable bonds is 10. The van der Waals surface area contributed by atoms with Crippen LogP contribution in [0.4, 0.5) is 5.00 Å². The molecule has 0 radical (unpaired) electrons. The maximum absolute atomic E-state index is 12.9. The van der Waals surface area contributed by atoms with Gasteiger partial charge in [-0.25, -0.2) is 4.98 Å². The summed E-state index contributed by atoms with van der Waals surface area (Å²) in [6.07, 6.45) is 0.698. The highest BCUT2D eigenvalue weighted by Gasteiger charge is 2.21. The molecule has 3 rings (SSSR count). The molecule has 1 atom stereocenters. The number of esters is 1. The first-order valence-corrected chi connectivity index (χ1v) is 11.6. The van der Waals surface area contributed by atoms with Gasteiger partial charge in [0, 0.05) is 13.0 Å². The van der Waals surface area contributed by atoms with Crippen molar-refractivity contribution in [3.8, 4) is 0 Å². The number of hydrogen-bond donors (Lipinski definition) is 2. The highest BCUT2D eigenvalue weighted by molar-refractivity contribution is 7.14. The second kappa shape index (κ2) is 10.9. The molecule has 0 saturated carbocycles. The van der Waals surface area contributed by atoms with Crippen molar-refractivity contribution in [2.75, 3.05) is 5.32 Å². The third-order valence-corrected chi connectivity index (χ3v) is 5.90. The van der Waals surface area contributed by atoms with Gasteiger partial charge in [0.15, 0.2) is 6.10 Å². The van der Waals surface area contributed by atoms with Crippen molar-refractivity contribution < 1.29 is 19.1 Å². The van der Waals surface area contributed by atoms with Crippen LogP contribution in [0.25, 0.3) is 11.0 Å². The number of amides is 2. The zero-order chi connectivity index (χ0) is 24.0. The predicted octanol–water partition coefficient (Wildman–Crippen LogP) is 2.86. The van der Waals surface area contributed by atoms with Gasteiger partial charge in [-0.3, -0.25) is 19.2 Å². The predicted molar refractivity (Wildman–Crippen MR) is 126 cm³/mol. The lowest BCUT2D eigenvalue weighted by atomic mass is 10.2. The number of hydrogen-bond acceptors (Lipinski definition) is 7. The lowest BCUT2D eigenvalue weighted by molar-refractivity contribution is -0.153. The number of nitrogens with zero attached hydrogens (tertiary/aromatic N) is 2. The number of thiophene rings is 1. The minimum atomic E-state index is -1.09. The van der Waals surface area contributed by atoms with Crippen molar-refractivity contribution in [3.63, 3.8) is 0 Å². The van der Waals surface area contributed by atoms with Crippen LogP contribution in [-0.4, -0.2) is 33.4 Å². The molecular formula is C23H26N4O5S. The van der Waals surface area contributed by atoms with E-state index in [4.69, 9.17) is 10.5 Å². The summed E-state index contributed by atoms with van der Waals surface area (Å²) in [5.41, 5.74) is 6.96. The van der Waals surface area contributed by atoms with Crippen LogP contribution in [0.5, 0.6) is 0 Å². The zero-order valence-electron chi connectivity index (χ0n) is 18.5. The Kier molecular flexibility index (Phi) is 7.94. The number of nitrogens with one attached hydrogen (secondary N) is 1. The third kappa shape index (κ3) is 5.83. The number of carbonyl (C=O) groups excluding carboxylic acids is 3. The lowest BCUT2D eigenvalue weighted by Gasteiger charge is -2.14. The number of aryl methyl sites for hydroxylation is 2. The van der Waals surface area contributed by atoms with Gasteiger partial charge < -0.3 is 20.4 Å². The molecule has 3 aromatic rings. The lowest BCUT2D eigenvalue weighted by Crippen LogP contribution is -2.31. The van der Waals surface area contributed by atoms with Gasteiger partial charge >= 0.3 is 5.97 Å². The number of carbonyl (C=O) groups is 3. The summed E-state index contributed by atoms with van der Waals surface area (Å²) in [7, 11) is 0. The summed E-state index contributed by atoms with van der Waals surface area (Å²) >= 11 is 1.14. The number of primary amides is 1. The summed E-state index contributed by atoms with van der Waals surface area (Å²) in [5, 5.41) is 4.46. The average molecular weight is 471 g/mol. The van der Waals surface area contributed by atoms with Crippen molar-refractivity contribution >= 4 is 45.2 Å². The van der Waals surface area contributed by atoms with Crippen molar-refractivity contribution in [3.05, 3.63) is 57.3 Å². The fourth-order valence-corrected chi connectivity index (χ4v) is 4.09. The monoisotopic (exact) mass is 470 g/mol. The highest BCUT2D eigenvalue weighted by Crippen LogP contribution is 2.23. The molecule has 2 heterocycles. The maximum atomic E-state index is 12.9. The van der Waals surface area contributed by atoms with E-state index in [2.05, 4.69) is 17.2 Å². The molecular weight excluding hydrogens is 444 g/mol. The van der Waals surface area contributed by atoms with Crippen LogP contribution < -0.4 is 16.6 Å². The molecule has 2 amide bonds. The van der Waals surface area contributed by atoms with Crippen LogP contribution >= 0.6 is 11.3 Å². The van der Waals surface area contributed by atoms with Crippen LogP contribution in [0.3, 0.4) is 0 Å². The van der Waals surface area contributed by atoms with Crippen LogP contribution in [-0.2, 0) is 27.3 Å². The van der Waals surface area contributed by atoms with Crippen LogP contribution in [0, 0.1) is 0 Å². The van der Waals surface area contributed by atoms with E-state index in [0.717, 1.165) is 29.7 Å². The van der Waals surface area contributed by atoms with E-state index in [9.17, 15) is 19.2 Å². The van der Waals surface area contributed by atoms with Crippen molar-refractivity contribution in [2.45, 2.75) is 52.2 Å². The smallest absolute Gasteiger partial charge is 0.306 e. The Morgan fingerprint density at radius 3 is 2.73 bits per heavy atom. The van der Waals surface area contributed by atoms with Gasteiger partial charge in [0.2, 0.25) is 0 Å². The van der Waals surface area contributed by atoms with Gasteiger partial charge in [0.1, 0.15) is 10.7 Å². The number of aromatic nitrogens is 2. The number of fused-ring (bicyclic) bond motifs is 1. The first-order chi connectivity index (χ1) is 15.8. The largest absolute Gasteiger partial charge is 0.453 e. The molecule has 0 saturated heterocycles. The Morgan fingerprint density at radius 2 is 2.00 bits per heavy atom. The van der Waals surface area contributed by atoms with Gasteiger partial charge in [-0.2, -0.15) is 0 Å². The maximum Gasteiger partial charge on any atom is 0.306 e. The molecule has 0 aliphatic rings. The van der Waals surface area contributed by atoms with E-state index in [-0.39, 0.29) is 29.7 Å². The van der Waals surface area contributed by atoms with E-state index in [1.807, 2.05) is 24.3 Å². The Labute approximate surface area is 194 Å². The van der Waals surface area contributed by atoms with Crippen molar-refractivity contribution in [1.82, 2.24) is 9.55 Å². The van der Waals surface area contributed by atoms with E-state index in [1.54, 1.807) is 9.95 Å². The van der Waals surface area contributed by atoms with E-state index in [0.29, 0.717) is 17.1 Å². The summed E-state index contributed by atoms with van der Waals surface area (Å²) in [4.78, 5) is 53.4. The molecule has 0 aliphatic heterocycles. The second-order valence-corrected chi connectivity index (χ2v) is 8.42. The van der Waals surface area contributed by atoms with Gasteiger partial charge in [-0.15, -0.1) is 11.3 Å². The molecule has 0 bridgehead atoms. The number of unbranched alkanes of at least 4 members (excludes halogenated alkanes) is 1. The van der Waals surface area contributed by atoms with Gasteiger partial charge in [0.25, 0.3) is 17.4 Å². The molecule has 0 fully saturated rings. The van der Waals surface area contributed by atoms with E-state index in [1.165, 1.54) is 13.0 Å². The quantitative estimate of drug-likeness (QED) is 0.438. The number of nitrogens with two attached hydrogens (primary N) is 1. The van der Waals surface area contributed by atoms with Crippen molar-refractivity contribution in [2.24, 2.45) is 5.73 Å². The Bertz CT molecular complexity index is 1230. The molecule has 10 heteroatoms. The normalized spacial score (nSPS) is 11.8. The number of anilines is 1. The molecule has 174 valence electrons. The standard InChI is InChI=1S/C23H26N4O5S/c1-3-4-12-27-18-8-6-5-7-16(18)25-17(23(27)31)9-10-19(28)32-14(2)21(30)26-22-15(20(24)29)11-13-33-22/h5-8,11,13-14H,3-4,9-10,12H2,1-2H3,(H2,24,29)(H,26,30). The molecule has 0 aliphatic carbocycles. The third-order valence-electron chi connectivity index (χ3n) is 5.07. The number of para-hydroxylation sites is 2. The van der Waals surface area contributed by atoms with Gasteiger partial charge in [-0.05, 0) is 36.9 Å². The fourth-order valence-electron chi connectivity index (χ4n) is 3.29. The first kappa shape index (κ1) is 24.1. The first-order valence-electron chi connectivity index (χ1n) is 10.7. The van der Waals surface area contributed by atoms with Crippen LogP contribution in [0.1, 0.15) is 49.2 Å². The minimum Gasteiger partial charge on any atom is -0.453 e. The van der Waals surface area contributed by atoms with Gasteiger partial charge in [0.05, 0.1) is 23.0 Å². The molecule has 9 nitrogen and oxygen atoms in total. The van der Waals surface area contributed by atoms with Crippen LogP contribution in [0.2, 0.25) is 0 Å². The Morgan fingerprint density at radius 1 is 1.24 bits per heavy atom. The van der Waals surface area contributed by atoms with Crippen molar-refractivity contribution in [1.29, 1.82) is 0 Å². The summed E-state index contributed by atoms with van der Waals surface area (Å²) < 4.78 is 6.90. The number of ether oxygens (including phenoxy) is 1. The van der Waals surface area contributed by atoms with E-state index >= 15 is 0 Å². The van der Waals surface area contributed by atoms with Gasteiger partial charge in [-0.1, -0.05) is 25.5 Å².